The number of rotatable bonds is 7. The summed E-state index contributed by atoms with van der Waals surface area (Å²) >= 11 is 0. The summed E-state index contributed by atoms with van der Waals surface area (Å²) in [5, 5.41) is 14.8. The first-order valence-electron chi connectivity index (χ1n) is 11.4. The van der Waals surface area contributed by atoms with Gasteiger partial charge in [-0.3, -0.25) is 4.79 Å². The van der Waals surface area contributed by atoms with Crippen LogP contribution < -0.4 is 14.8 Å². The maximum absolute atomic E-state index is 12.5. The van der Waals surface area contributed by atoms with Crippen LogP contribution in [0.1, 0.15) is 11.3 Å². The highest BCUT2D eigenvalue weighted by Crippen LogP contribution is 2.33. The SMILES string of the molecule is COc1ccc(-c2nc(CNC(=O)/C=C/c3ccc(O)c(OC)c3)cc3c2[nH]c2ccccc23)cc1. The lowest BCUT2D eigenvalue weighted by atomic mass is 10.1. The molecule has 0 aliphatic rings. The molecule has 1 amide bonds. The van der Waals surface area contributed by atoms with Crippen LogP contribution in [0.4, 0.5) is 0 Å². The molecule has 2 heterocycles. The number of aromatic amines is 1. The predicted octanol–water partition coefficient (Wildman–Crippen LogP) is 5.44. The summed E-state index contributed by atoms with van der Waals surface area (Å²) in [6.07, 6.45) is 3.11. The molecule has 0 aliphatic heterocycles. The molecule has 5 rings (SSSR count). The van der Waals surface area contributed by atoms with Gasteiger partial charge in [-0.05, 0) is 60.2 Å². The number of nitrogens with one attached hydrogen (secondary N) is 2. The number of hydrogen-bond donors (Lipinski definition) is 3. The molecule has 0 bridgehead atoms. The highest BCUT2D eigenvalue weighted by atomic mass is 16.5. The van der Waals surface area contributed by atoms with Gasteiger partial charge in [0.15, 0.2) is 11.5 Å². The van der Waals surface area contributed by atoms with Crippen molar-refractivity contribution in [3.05, 3.63) is 90.1 Å². The zero-order valence-electron chi connectivity index (χ0n) is 19.9. The van der Waals surface area contributed by atoms with Crippen molar-refractivity contribution in [3.63, 3.8) is 0 Å². The topological polar surface area (TPSA) is 96.5 Å². The Kier molecular flexibility index (Phi) is 6.28. The molecule has 36 heavy (non-hydrogen) atoms. The number of nitrogens with zero attached hydrogens (tertiary/aromatic N) is 1. The summed E-state index contributed by atoms with van der Waals surface area (Å²) in [5.41, 5.74) is 5.20. The van der Waals surface area contributed by atoms with Gasteiger partial charge in [-0.15, -0.1) is 0 Å². The van der Waals surface area contributed by atoms with Crippen molar-refractivity contribution < 1.29 is 19.4 Å². The lowest BCUT2D eigenvalue weighted by Crippen LogP contribution is -2.21. The van der Waals surface area contributed by atoms with Crippen LogP contribution in [0.2, 0.25) is 0 Å². The Morgan fingerprint density at radius 2 is 1.81 bits per heavy atom. The molecule has 2 aromatic heterocycles. The number of carbonyl (C=O) groups excluding carboxylic acids is 1. The Morgan fingerprint density at radius 3 is 2.58 bits per heavy atom. The average Bonchev–Trinajstić information content (AvgIpc) is 3.29. The van der Waals surface area contributed by atoms with Crippen LogP contribution >= 0.6 is 0 Å². The van der Waals surface area contributed by atoms with Crippen molar-refractivity contribution in [1.82, 2.24) is 15.3 Å². The number of hydrogen-bond acceptors (Lipinski definition) is 5. The number of phenols is 1. The first-order valence-corrected chi connectivity index (χ1v) is 11.4. The van der Waals surface area contributed by atoms with Crippen molar-refractivity contribution in [1.29, 1.82) is 0 Å². The van der Waals surface area contributed by atoms with Gasteiger partial charge in [0, 0.05) is 27.9 Å². The van der Waals surface area contributed by atoms with Crippen LogP contribution in [0.3, 0.4) is 0 Å². The minimum absolute atomic E-state index is 0.0468. The molecule has 0 aliphatic carbocycles. The fourth-order valence-corrected chi connectivity index (χ4v) is 4.15. The average molecular weight is 480 g/mol. The van der Waals surface area contributed by atoms with Crippen LogP contribution in [0.25, 0.3) is 39.1 Å². The number of fused-ring (bicyclic) bond motifs is 3. The zero-order valence-corrected chi connectivity index (χ0v) is 19.9. The van der Waals surface area contributed by atoms with E-state index in [-0.39, 0.29) is 18.2 Å². The quantitative estimate of drug-likeness (QED) is 0.270. The number of amides is 1. The summed E-state index contributed by atoms with van der Waals surface area (Å²) in [5.74, 6) is 0.910. The van der Waals surface area contributed by atoms with E-state index in [2.05, 4.69) is 16.4 Å². The van der Waals surface area contributed by atoms with Gasteiger partial charge in [0.2, 0.25) is 5.91 Å². The fourth-order valence-electron chi connectivity index (χ4n) is 4.15. The lowest BCUT2D eigenvalue weighted by Gasteiger charge is -2.09. The third-order valence-corrected chi connectivity index (χ3v) is 5.99. The van der Waals surface area contributed by atoms with E-state index in [0.717, 1.165) is 50.1 Å². The molecule has 0 atom stereocenters. The molecular weight excluding hydrogens is 454 g/mol. The molecular formula is C29H25N3O4. The Bertz CT molecular complexity index is 1590. The summed E-state index contributed by atoms with van der Waals surface area (Å²) < 4.78 is 10.4. The molecule has 3 N–H and O–H groups in total. The van der Waals surface area contributed by atoms with Gasteiger partial charge in [0.25, 0.3) is 0 Å². The number of ether oxygens (including phenoxy) is 2. The van der Waals surface area contributed by atoms with Gasteiger partial charge >= 0.3 is 0 Å². The number of carbonyl (C=O) groups is 1. The van der Waals surface area contributed by atoms with E-state index >= 15 is 0 Å². The van der Waals surface area contributed by atoms with E-state index in [9.17, 15) is 9.90 Å². The highest BCUT2D eigenvalue weighted by molar-refractivity contribution is 6.11. The summed E-state index contributed by atoms with van der Waals surface area (Å²) in [7, 11) is 3.12. The van der Waals surface area contributed by atoms with Crippen molar-refractivity contribution in [2.24, 2.45) is 0 Å². The summed E-state index contributed by atoms with van der Waals surface area (Å²) in [6, 6.07) is 22.8. The van der Waals surface area contributed by atoms with E-state index in [1.807, 2.05) is 48.5 Å². The standard InChI is InChI=1S/C29H25N3O4/c1-35-21-11-9-19(10-12-21)28-29-23(22-5-3-4-6-24(22)32-29)16-20(31-28)17-30-27(34)14-8-18-7-13-25(33)26(15-18)36-2/h3-16,32-33H,17H2,1-2H3,(H,30,34)/b14-8+. The van der Waals surface area contributed by atoms with Crippen molar-refractivity contribution in [3.8, 4) is 28.5 Å². The largest absolute Gasteiger partial charge is 0.504 e. The Morgan fingerprint density at radius 1 is 1.00 bits per heavy atom. The monoisotopic (exact) mass is 479 g/mol. The Balaban J connectivity index is 1.43. The maximum Gasteiger partial charge on any atom is 0.244 e. The van der Waals surface area contributed by atoms with Crippen LogP contribution in [0.15, 0.2) is 78.9 Å². The molecule has 0 fully saturated rings. The van der Waals surface area contributed by atoms with Crippen LogP contribution in [0, 0.1) is 0 Å². The maximum atomic E-state index is 12.5. The minimum Gasteiger partial charge on any atom is -0.504 e. The first-order chi connectivity index (χ1) is 17.6. The molecule has 0 saturated carbocycles. The van der Waals surface area contributed by atoms with Gasteiger partial charge in [-0.2, -0.15) is 0 Å². The second-order valence-corrected chi connectivity index (χ2v) is 8.27. The number of methoxy groups -OCH3 is 2. The number of pyridine rings is 1. The highest BCUT2D eigenvalue weighted by Gasteiger charge is 2.14. The van der Waals surface area contributed by atoms with Gasteiger partial charge in [-0.1, -0.05) is 24.3 Å². The third kappa shape index (κ3) is 4.59. The van der Waals surface area contributed by atoms with Gasteiger partial charge in [0.05, 0.1) is 37.7 Å². The third-order valence-electron chi connectivity index (χ3n) is 5.99. The van der Waals surface area contributed by atoms with Crippen LogP contribution in [-0.2, 0) is 11.3 Å². The smallest absolute Gasteiger partial charge is 0.244 e. The van der Waals surface area contributed by atoms with E-state index in [0.29, 0.717) is 5.75 Å². The van der Waals surface area contributed by atoms with E-state index < -0.39 is 0 Å². The number of aromatic hydroxyl groups is 1. The number of phenolic OH excluding ortho intramolecular Hbond substituents is 1. The second kappa shape index (κ2) is 9.84. The van der Waals surface area contributed by atoms with E-state index in [4.69, 9.17) is 14.5 Å². The van der Waals surface area contributed by atoms with E-state index in [1.54, 1.807) is 25.3 Å². The minimum atomic E-state index is -0.256. The van der Waals surface area contributed by atoms with Crippen LogP contribution in [-0.4, -0.2) is 35.2 Å². The summed E-state index contributed by atoms with van der Waals surface area (Å²) in [6.45, 7) is 0.265. The molecule has 7 heteroatoms. The molecule has 0 saturated heterocycles. The van der Waals surface area contributed by atoms with Gasteiger partial charge in [0.1, 0.15) is 5.75 Å². The predicted molar refractivity (Wildman–Crippen MR) is 141 cm³/mol. The molecule has 5 aromatic rings. The van der Waals surface area contributed by atoms with Crippen molar-refractivity contribution in [2.45, 2.75) is 6.54 Å². The normalized spacial score (nSPS) is 11.3. The summed E-state index contributed by atoms with van der Waals surface area (Å²) in [4.78, 5) is 20.9. The molecule has 0 unspecified atom stereocenters. The van der Waals surface area contributed by atoms with Gasteiger partial charge < -0.3 is 24.9 Å². The number of para-hydroxylation sites is 1. The number of H-pyrrole nitrogens is 1. The van der Waals surface area contributed by atoms with Crippen LogP contribution in [0.5, 0.6) is 17.2 Å². The van der Waals surface area contributed by atoms with Crippen molar-refractivity contribution in [2.75, 3.05) is 14.2 Å². The van der Waals surface area contributed by atoms with Crippen molar-refractivity contribution >= 4 is 33.8 Å². The second-order valence-electron chi connectivity index (χ2n) is 8.27. The molecule has 7 nitrogen and oxygen atoms in total. The molecule has 0 radical (unpaired) electrons. The van der Waals surface area contributed by atoms with Gasteiger partial charge in [-0.25, -0.2) is 4.98 Å². The lowest BCUT2D eigenvalue weighted by molar-refractivity contribution is -0.116. The number of aromatic nitrogens is 2. The molecule has 3 aromatic carbocycles. The fraction of sp³-hybridized carbons (Fsp3) is 0.103. The molecule has 0 spiro atoms. The van der Waals surface area contributed by atoms with E-state index in [1.165, 1.54) is 19.3 Å². The molecule has 180 valence electrons. The Labute approximate surface area is 208 Å². The Hall–Kier alpha value is -4.78. The first kappa shape index (κ1) is 23.0. The zero-order chi connectivity index (χ0) is 25.1. The number of benzene rings is 3.